The molecule has 0 radical (unpaired) electrons. The number of phenols is 1. The lowest BCUT2D eigenvalue weighted by Gasteiger charge is -2.29. The summed E-state index contributed by atoms with van der Waals surface area (Å²) in [5, 5.41) is 22.5. The summed E-state index contributed by atoms with van der Waals surface area (Å²) in [6, 6.07) is 10.9. The van der Waals surface area contributed by atoms with Gasteiger partial charge in [-0.05, 0) is 94.1 Å². The number of aromatic hydroxyl groups is 1. The molecule has 0 bridgehead atoms. The monoisotopic (exact) mass is 857 g/mol. The Bertz CT molecular complexity index is 1750. The highest BCUT2D eigenvalue weighted by Gasteiger charge is 2.38. The van der Waals surface area contributed by atoms with Crippen molar-refractivity contribution in [3.05, 3.63) is 59.9 Å². The number of nitrogens with one attached hydrogen (secondary N) is 1. The van der Waals surface area contributed by atoms with Gasteiger partial charge in [0.25, 0.3) is 5.91 Å². The highest BCUT2D eigenvalue weighted by molar-refractivity contribution is 14.2. The number of nitrogens with two attached hydrogens (primary N) is 1. The summed E-state index contributed by atoms with van der Waals surface area (Å²) in [6.07, 6.45) is 5.18. The minimum absolute atomic E-state index is 0.0179. The Kier molecular flexibility index (Phi) is 15.4. The Morgan fingerprint density at radius 2 is 1.73 bits per heavy atom. The molecule has 16 heteroatoms. The van der Waals surface area contributed by atoms with E-state index in [1.54, 1.807) is 58.9 Å². The largest absolute Gasteiger partial charge is 0.505 e. The number of hydrogen-bond acceptors (Lipinski definition) is 11. The summed E-state index contributed by atoms with van der Waals surface area (Å²) in [5.41, 5.74) is 6.39. The van der Waals surface area contributed by atoms with Gasteiger partial charge in [-0.3, -0.25) is 4.79 Å². The number of hydrogen-bond donors (Lipinski definition) is 4. The van der Waals surface area contributed by atoms with E-state index in [4.69, 9.17) is 20.1 Å². The third kappa shape index (κ3) is 12.0. The van der Waals surface area contributed by atoms with Crippen molar-refractivity contribution in [1.82, 2.24) is 14.9 Å². The Labute approximate surface area is 315 Å². The fourth-order valence-corrected chi connectivity index (χ4v) is 8.19. The van der Waals surface area contributed by atoms with Gasteiger partial charge in [-0.25, -0.2) is 23.2 Å². The molecule has 1 heterocycles. The number of carbonyl (C=O) groups excluding carboxylic acids is 2. The molecule has 0 saturated heterocycles. The van der Waals surface area contributed by atoms with Gasteiger partial charge in [-0.15, -0.1) is 0 Å². The maximum absolute atomic E-state index is 13.8. The molecule has 13 nitrogen and oxygen atoms in total. The van der Waals surface area contributed by atoms with Gasteiger partial charge in [0.15, 0.2) is 21.3 Å². The molecule has 0 aliphatic rings. The summed E-state index contributed by atoms with van der Waals surface area (Å²) in [5.74, 6) is -1.11. The highest BCUT2D eigenvalue weighted by atomic mass is 127. The summed E-state index contributed by atoms with van der Waals surface area (Å²) in [6.45, 7) is 9.06. The normalized spacial score (nSPS) is 12.9. The lowest BCUT2D eigenvalue weighted by molar-refractivity contribution is 0.0284. The van der Waals surface area contributed by atoms with Gasteiger partial charge >= 0.3 is 6.09 Å². The van der Waals surface area contributed by atoms with E-state index in [9.17, 15) is 23.1 Å². The van der Waals surface area contributed by atoms with Gasteiger partial charge in [0.05, 0.1) is 46.3 Å². The summed E-state index contributed by atoms with van der Waals surface area (Å²) in [4.78, 5) is 35.7. The standard InChI is InChI=1S/C35H49IN5O8PS/c1-34(2,3)48-33(45)41(6)22-24-12-11-14-27(30(24)43)40-32(44)29-31(37)38-21-28(39-29)23-15-17-26(18-16-23)51(46,47)35(4,5)20-25(49-50-36)13-9-7-8-10-19-42/h11-12,14-18,21,25,42-43,50H,7-10,13,19-20,22H2,1-6H3,(H2,37,38)(H,40,44). The molecular formula is C35H49IN5O8PS. The predicted molar refractivity (Wildman–Crippen MR) is 209 cm³/mol. The van der Waals surface area contributed by atoms with Crippen molar-refractivity contribution < 1.29 is 37.5 Å². The number of phenolic OH excluding ortho intramolecular Hbond substituents is 1. The molecule has 0 fully saturated rings. The van der Waals surface area contributed by atoms with Crippen molar-refractivity contribution in [3.63, 3.8) is 0 Å². The van der Waals surface area contributed by atoms with Crippen LogP contribution in [0, 0.1) is 0 Å². The average molecular weight is 858 g/mol. The van der Waals surface area contributed by atoms with E-state index in [0.717, 1.165) is 32.1 Å². The zero-order valence-corrected chi connectivity index (χ0v) is 33.9. The van der Waals surface area contributed by atoms with E-state index in [-0.39, 0.29) is 59.2 Å². The zero-order chi connectivity index (χ0) is 38.0. The maximum atomic E-state index is 13.8. The number of aromatic nitrogens is 2. The summed E-state index contributed by atoms with van der Waals surface area (Å²) >= 11 is 2.15. The maximum Gasteiger partial charge on any atom is 0.410 e. The summed E-state index contributed by atoms with van der Waals surface area (Å²) in [7, 11) is -2.23. The van der Waals surface area contributed by atoms with Crippen molar-refractivity contribution in [1.29, 1.82) is 0 Å². The van der Waals surface area contributed by atoms with Crippen LogP contribution >= 0.6 is 28.5 Å². The van der Waals surface area contributed by atoms with Gasteiger partial charge in [0.1, 0.15) is 11.4 Å². The molecule has 2 aromatic carbocycles. The number of para-hydroxylation sites is 1. The molecule has 5 N–H and O–H groups in total. The number of unbranched alkanes of at least 4 members (excludes halogenated alkanes) is 3. The van der Waals surface area contributed by atoms with Crippen molar-refractivity contribution in [2.75, 3.05) is 24.7 Å². The van der Waals surface area contributed by atoms with Crippen molar-refractivity contribution in [2.24, 2.45) is 0 Å². The first-order valence-corrected chi connectivity index (χ1v) is 22.1. The molecule has 2 amide bonds. The molecule has 280 valence electrons. The fraction of sp³-hybridized carbons (Fsp3) is 0.486. The number of benzene rings is 2. The van der Waals surface area contributed by atoms with Crippen LogP contribution in [-0.2, 0) is 25.6 Å². The van der Waals surface area contributed by atoms with E-state index in [1.807, 2.05) is 0 Å². The van der Waals surface area contributed by atoms with Gasteiger partial charge in [-0.2, -0.15) is 0 Å². The van der Waals surface area contributed by atoms with Crippen molar-refractivity contribution in [3.8, 4) is 17.0 Å². The first-order valence-electron chi connectivity index (χ1n) is 16.6. The third-order valence-corrected chi connectivity index (χ3v) is 11.7. The molecular weight excluding hydrogens is 808 g/mol. The lowest BCUT2D eigenvalue weighted by Crippen LogP contribution is -2.36. The second-order valence-electron chi connectivity index (χ2n) is 13.8. The van der Waals surface area contributed by atoms with Gasteiger partial charge in [0, 0.05) is 24.8 Å². The number of aliphatic hydroxyl groups is 1. The van der Waals surface area contributed by atoms with Gasteiger partial charge < -0.3 is 35.4 Å². The van der Waals surface area contributed by atoms with Crippen LogP contribution in [0.4, 0.5) is 16.3 Å². The number of sulfone groups is 1. The number of halogens is 1. The average Bonchev–Trinajstić information content (AvgIpc) is 3.05. The van der Waals surface area contributed by atoms with Crippen LogP contribution in [0.2, 0.25) is 0 Å². The fourth-order valence-electron chi connectivity index (χ4n) is 5.25. The SMILES string of the molecule is CN(Cc1cccc(NC(=O)c2nc(-c3ccc(S(=O)(=O)C(C)(C)CC(CCCCCCO)OPI)cc3)cnc2N)c1O)C(=O)OC(C)(C)C. The van der Waals surface area contributed by atoms with Crippen LogP contribution < -0.4 is 11.1 Å². The molecule has 3 aromatic rings. The molecule has 1 aromatic heterocycles. The number of nitrogen functional groups attached to an aromatic ring is 1. The summed E-state index contributed by atoms with van der Waals surface area (Å²) < 4.78 is 37.8. The van der Waals surface area contributed by atoms with Gasteiger partial charge in [-0.1, -0.05) is 43.5 Å². The number of rotatable bonds is 17. The number of aliphatic hydroxyl groups excluding tert-OH is 1. The minimum Gasteiger partial charge on any atom is -0.505 e. The molecule has 0 aliphatic heterocycles. The third-order valence-electron chi connectivity index (χ3n) is 8.05. The number of carbonyl (C=O) groups is 2. The van der Waals surface area contributed by atoms with Crippen LogP contribution in [-0.4, -0.2) is 75.6 Å². The predicted octanol–water partition coefficient (Wildman–Crippen LogP) is 7.26. The van der Waals surface area contributed by atoms with Crippen LogP contribution in [0.15, 0.2) is 53.6 Å². The minimum atomic E-state index is -3.77. The Hall–Kier alpha value is -3.11. The smallest absolute Gasteiger partial charge is 0.410 e. The molecule has 0 spiro atoms. The van der Waals surface area contributed by atoms with Gasteiger partial charge in [0.2, 0.25) is 0 Å². The van der Waals surface area contributed by atoms with E-state index < -0.39 is 32.2 Å². The quantitative estimate of drug-likeness (QED) is 0.0462. The lowest BCUT2D eigenvalue weighted by atomic mass is 10.00. The second kappa shape index (κ2) is 18.6. The Morgan fingerprint density at radius 3 is 2.35 bits per heavy atom. The topological polar surface area (TPSA) is 194 Å². The van der Waals surface area contributed by atoms with E-state index in [1.165, 1.54) is 36.3 Å². The molecule has 0 saturated carbocycles. The molecule has 2 atom stereocenters. The van der Waals surface area contributed by atoms with Crippen molar-refractivity contribution >= 4 is 61.8 Å². The van der Waals surface area contributed by atoms with Crippen LogP contribution in [0.1, 0.15) is 89.2 Å². The first kappa shape index (κ1) is 42.3. The molecule has 51 heavy (non-hydrogen) atoms. The number of nitrogens with zero attached hydrogens (tertiary/aromatic N) is 3. The second-order valence-corrected chi connectivity index (χ2v) is 18.1. The number of anilines is 2. The number of ether oxygens (including phenoxy) is 1. The van der Waals surface area contributed by atoms with E-state index in [0.29, 0.717) is 17.5 Å². The number of amides is 2. The van der Waals surface area contributed by atoms with Crippen LogP contribution in [0.5, 0.6) is 5.75 Å². The zero-order valence-electron chi connectivity index (χ0n) is 29.9. The van der Waals surface area contributed by atoms with Crippen LogP contribution in [0.25, 0.3) is 11.3 Å². The van der Waals surface area contributed by atoms with E-state index >= 15 is 0 Å². The Morgan fingerprint density at radius 1 is 1.06 bits per heavy atom. The van der Waals surface area contributed by atoms with E-state index in [2.05, 4.69) is 37.3 Å². The Balaban J connectivity index is 1.76. The molecule has 2 unspecified atom stereocenters. The van der Waals surface area contributed by atoms with Crippen molar-refractivity contribution in [2.45, 2.75) is 101 Å². The molecule has 0 aliphatic carbocycles. The molecule has 3 rings (SSSR count). The highest BCUT2D eigenvalue weighted by Crippen LogP contribution is 2.36. The first-order chi connectivity index (χ1) is 23.9. The van der Waals surface area contributed by atoms with Crippen LogP contribution in [0.3, 0.4) is 0 Å².